The van der Waals surface area contributed by atoms with E-state index in [4.69, 9.17) is 0 Å². The molecule has 1 aromatic carbocycles. The molecule has 0 fully saturated rings. The maximum atomic E-state index is 11.9. The monoisotopic (exact) mass is 245 g/mol. The molecule has 4 heteroatoms. The summed E-state index contributed by atoms with van der Waals surface area (Å²) in [7, 11) is 1.82. The summed E-state index contributed by atoms with van der Waals surface area (Å²) < 4.78 is 0. The summed E-state index contributed by atoms with van der Waals surface area (Å²) >= 11 is 0. The number of fused-ring (bicyclic) bond motifs is 1. The highest BCUT2D eigenvalue weighted by atomic mass is 16.2. The van der Waals surface area contributed by atoms with E-state index in [-0.39, 0.29) is 5.91 Å². The fourth-order valence-corrected chi connectivity index (χ4v) is 1.90. The van der Waals surface area contributed by atoms with Crippen LogP contribution in [0.5, 0.6) is 0 Å². The lowest BCUT2D eigenvalue weighted by Gasteiger charge is -2.16. The first kappa shape index (κ1) is 12.6. The van der Waals surface area contributed by atoms with Crippen LogP contribution in [0.2, 0.25) is 0 Å². The van der Waals surface area contributed by atoms with E-state index in [0.717, 1.165) is 16.9 Å². The highest BCUT2D eigenvalue weighted by molar-refractivity contribution is 5.77. The van der Waals surface area contributed by atoms with Crippen LogP contribution in [0.15, 0.2) is 24.3 Å². The van der Waals surface area contributed by atoms with Crippen LogP contribution in [0.4, 0.5) is 0 Å². The number of para-hydroxylation sites is 2. The maximum Gasteiger partial charge on any atom is 0.222 e. The Kier molecular flexibility index (Phi) is 3.65. The number of H-pyrrole nitrogens is 1. The number of aromatic amines is 1. The third-order valence-electron chi connectivity index (χ3n) is 2.83. The van der Waals surface area contributed by atoms with Crippen molar-refractivity contribution < 1.29 is 4.79 Å². The highest BCUT2D eigenvalue weighted by Crippen LogP contribution is 2.12. The molecule has 2 aromatic rings. The number of amides is 1. The molecule has 1 amide bonds. The van der Waals surface area contributed by atoms with Crippen LogP contribution in [0, 0.1) is 5.92 Å². The molecule has 96 valence electrons. The summed E-state index contributed by atoms with van der Waals surface area (Å²) in [4.78, 5) is 21.3. The number of nitrogens with zero attached hydrogens (tertiary/aromatic N) is 2. The minimum absolute atomic E-state index is 0.158. The van der Waals surface area contributed by atoms with Gasteiger partial charge in [0.25, 0.3) is 0 Å². The highest BCUT2D eigenvalue weighted by Gasteiger charge is 2.12. The second kappa shape index (κ2) is 5.21. The number of benzene rings is 1. The summed E-state index contributed by atoms with van der Waals surface area (Å²) in [6, 6.07) is 7.88. The van der Waals surface area contributed by atoms with Gasteiger partial charge in [-0.2, -0.15) is 0 Å². The van der Waals surface area contributed by atoms with E-state index in [0.29, 0.717) is 18.9 Å². The number of imidazole rings is 1. The van der Waals surface area contributed by atoms with Crippen molar-refractivity contribution in [2.24, 2.45) is 5.92 Å². The van der Waals surface area contributed by atoms with Crippen LogP contribution < -0.4 is 0 Å². The van der Waals surface area contributed by atoms with Crippen molar-refractivity contribution in [1.82, 2.24) is 14.9 Å². The lowest BCUT2D eigenvalue weighted by Crippen LogP contribution is -2.27. The summed E-state index contributed by atoms with van der Waals surface area (Å²) in [5.41, 5.74) is 1.95. The van der Waals surface area contributed by atoms with Gasteiger partial charge in [-0.25, -0.2) is 4.98 Å². The van der Waals surface area contributed by atoms with E-state index in [2.05, 4.69) is 9.97 Å². The van der Waals surface area contributed by atoms with Crippen LogP contribution in [0.25, 0.3) is 11.0 Å². The van der Waals surface area contributed by atoms with Crippen molar-refractivity contribution >= 4 is 16.9 Å². The molecule has 4 nitrogen and oxygen atoms in total. The number of aromatic nitrogens is 2. The van der Waals surface area contributed by atoms with Gasteiger partial charge in [0, 0.05) is 13.5 Å². The number of nitrogens with one attached hydrogen (secondary N) is 1. The summed E-state index contributed by atoms with van der Waals surface area (Å²) in [6.07, 6.45) is 0.580. The Hall–Kier alpha value is -1.84. The van der Waals surface area contributed by atoms with Crippen molar-refractivity contribution in [3.63, 3.8) is 0 Å². The molecule has 18 heavy (non-hydrogen) atoms. The fraction of sp³-hybridized carbons (Fsp3) is 0.429. The Labute approximate surface area is 107 Å². The predicted octanol–water partition coefficient (Wildman–Crippen LogP) is 2.57. The van der Waals surface area contributed by atoms with Gasteiger partial charge in [-0.15, -0.1) is 0 Å². The molecule has 1 N–H and O–H groups in total. The lowest BCUT2D eigenvalue weighted by molar-refractivity contribution is -0.131. The molecule has 0 unspecified atom stereocenters. The van der Waals surface area contributed by atoms with Crippen LogP contribution in [0.3, 0.4) is 0 Å². The number of hydrogen-bond acceptors (Lipinski definition) is 2. The Bertz CT molecular complexity index is 512. The number of rotatable bonds is 4. The molecule has 0 saturated carbocycles. The average molecular weight is 245 g/mol. The van der Waals surface area contributed by atoms with Gasteiger partial charge in [-0.1, -0.05) is 26.0 Å². The Morgan fingerprint density at radius 2 is 2.11 bits per heavy atom. The molecule has 0 saturated heterocycles. The average Bonchev–Trinajstić information content (AvgIpc) is 2.69. The zero-order valence-electron chi connectivity index (χ0n) is 11.1. The molecule has 0 spiro atoms. The second-order valence-corrected chi connectivity index (χ2v) is 5.05. The van der Waals surface area contributed by atoms with E-state index in [1.54, 1.807) is 4.90 Å². The largest absolute Gasteiger partial charge is 0.340 e. The van der Waals surface area contributed by atoms with Crippen molar-refractivity contribution in [3.05, 3.63) is 30.1 Å². The zero-order chi connectivity index (χ0) is 13.1. The normalized spacial score (nSPS) is 11.1. The molecule has 0 radical (unpaired) electrons. The molecule has 0 bridgehead atoms. The Balaban J connectivity index is 2.06. The Morgan fingerprint density at radius 3 is 2.78 bits per heavy atom. The first-order valence-electron chi connectivity index (χ1n) is 6.24. The molecule has 0 aliphatic carbocycles. The lowest BCUT2D eigenvalue weighted by atomic mass is 10.1. The molecule has 1 aromatic heterocycles. The van der Waals surface area contributed by atoms with Crippen LogP contribution in [0.1, 0.15) is 26.1 Å². The van der Waals surface area contributed by atoms with Crippen molar-refractivity contribution in [2.45, 2.75) is 26.8 Å². The second-order valence-electron chi connectivity index (χ2n) is 5.05. The minimum atomic E-state index is 0.158. The fourth-order valence-electron chi connectivity index (χ4n) is 1.90. The van der Waals surface area contributed by atoms with E-state index in [1.807, 2.05) is 45.2 Å². The standard InChI is InChI=1S/C14H19N3O/c1-10(2)8-14(18)17(3)9-13-15-11-6-4-5-7-12(11)16-13/h4-7,10H,8-9H2,1-3H3,(H,15,16). The van der Waals surface area contributed by atoms with Gasteiger partial charge in [0.15, 0.2) is 0 Å². The smallest absolute Gasteiger partial charge is 0.222 e. The van der Waals surface area contributed by atoms with Crippen LogP contribution in [-0.2, 0) is 11.3 Å². The van der Waals surface area contributed by atoms with Gasteiger partial charge >= 0.3 is 0 Å². The number of carbonyl (C=O) groups excluding carboxylic acids is 1. The van der Waals surface area contributed by atoms with Gasteiger partial charge in [-0.3, -0.25) is 4.79 Å². The molecule has 1 heterocycles. The van der Waals surface area contributed by atoms with E-state index < -0.39 is 0 Å². The third-order valence-corrected chi connectivity index (χ3v) is 2.83. The van der Waals surface area contributed by atoms with Gasteiger partial charge in [-0.05, 0) is 18.1 Å². The van der Waals surface area contributed by atoms with E-state index in [9.17, 15) is 4.79 Å². The van der Waals surface area contributed by atoms with Gasteiger partial charge in [0.1, 0.15) is 5.82 Å². The third kappa shape index (κ3) is 2.88. The summed E-state index contributed by atoms with van der Waals surface area (Å²) in [5, 5.41) is 0. The number of hydrogen-bond donors (Lipinski definition) is 1. The summed E-state index contributed by atoms with van der Waals surface area (Å²) in [6.45, 7) is 4.63. The van der Waals surface area contributed by atoms with Gasteiger partial charge in [0.05, 0.1) is 17.6 Å². The van der Waals surface area contributed by atoms with Crippen molar-refractivity contribution in [1.29, 1.82) is 0 Å². The molecular formula is C14H19N3O. The number of carbonyl (C=O) groups is 1. The molecule has 0 aliphatic rings. The summed E-state index contributed by atoms with van der Waals surface area (Å²) in [5.74, 6) is 1.37. The maximum absolute atomic E-state index is 11.9. The molecule has 0 aliphatic heterocycles. The SMILES string of the molecule is CC(C)CC(=O)N(C)Cc1nc2ccccc2[nH]1. The quantitative estimate of drug-likeness (QED) is 0.900. The van der Waals surface area contributed by atoms with Crippen LogP contribution in [-0.4, -0.2) is 27.8 Å². The molecular weight excluding hydrogens is 226 g/mol. The van der Waals surface area contributed by atoms with E-state index >= 15 is 0 Å². The van der Waals surface area contributed by atoms with Crippen molar-refractivity contribution in [3.8, 4) is 0 Å². The van der Waals surface area contributed by atoms with Gasteiger partial charge in [0.2, 0.25) is 5.91 Å². The topological polar surface area (TPSA) is 49.0 Å². The van der Waals surface area contributed by atoms with Crippen LogP contribution >= 0.6 is 0 Å². The Morgan fingerprint density at radius 1 is 1.39 bits per heavy atom. The molecule has 2 rings (SSSR count). The first-order valence-corrected chi connectivity index (χ1v) is 6.24. The molecule has 0 atom stereocenters. The predicted molar refractivity (Wildman–Crippen MR) is 72.0 cm³/mol. The van der Waals surface area contributed by atoms with E-state index in [1.165, 1.54) is 0 Å². The van der Waals surface area contributed by atoms with Gasteiger partial charge < -0.3 is 9.88 Å². The minimum Gasteiger partial charge on any atom is -0.340 e. The first-order chi connectivity index (χ1) is 8.56. The zero-order valence-corrected chi connectivity index (χ0v) is 11.1. The van der Waals surface area contributed by atoms with Crippen molar-refractivity contribution in [2.75, 3.05) is 7.05 Å².